The molecule has 1 amide bonds. The number of rotatable bonds is 4. The Hall–Kier alpha value is -1.01. The van der Waals surface area contributed by atoms with Gasteiger partial charge in [0.2, 0.25) is 0 Å². The van der Waals surface area contributed by atoms with Crippen LogP contribution >= 0.6 is 34.7 Å². The Balaban J connectivity index is 1.39. The maximum absolute atomic E-state index is 12.4. The lowest BCUT2D eigenvalue weighted by atomic mass is 10.00. The van der Waals surface area contributed by atoms with Crippen molar-refractivity contribution in [2.75, 3.05) is 19.6 Å². The fourth-order valence-electron chi connectivity index (χ4n) is 3.30. The fourth-order valence-corrected chi connectivity index (χ4v) is 5.43. The van der Waals surface area contributed by atoms with Gasteiger partial charge in [0.15, 0.2) is 0 Å². The average molecular weight is 365 g/mol. The van der Waals surface area contributed by atoms with E-state index in [-0.39, 0.29) is 5.91 Å². The summed E-state index contributed by atoms with van der Waals surface area (Å²) in [6, 6.07) is 12.0. The zero-order valence-electron chi connectivity index (χ0n) is 12.5. The summed E-state index contributed by atoms with van der Waals surface area (Å²) in [5.41, 5.74) is 0. The van der Waals surface area contributed by atoms with Gasteiger partial charge in [0.05, 0.1) is 9.09 Å². The maximum atomic E-state index is 12.4. The number of piperidine rings is 1. The Morgan fingerprint density at radius 1 is 1.22 bits per heavy atom. The highest BCUT2D eigenvalue weighted by Crippen LogP contribution is 2.34. The van der Waals surface area contributed by atoms with Crippen molar-refractivity contribution < 1.29 is 4.79 Å². The number of thiophene rings is 1. The second kappa shape index (κ2) is 6.48. The van der Waals surface area contributed by atoms with E-state index in [1.54, 1.807) is 23.1 Å². The Kier molecular flexibility index (Phi) is 4.37. The second-order valence-electron chi connectivity index (χ2n) is 6.06. The van der Waals surface area contributed by atoms with Crippen molar-refractivity contribution in [3.05, 3.63) is 46.3 Å². The van der Waals surface area contributed by atoms with Gasteiger partial charge in [-0.3, -0.25) is 4.79 Å². The molecule has 6 heteroatoms. The number of benzene rings is 1. The van der Waals surface area contributed by atoms with Crippen LogP contribution in [0, 0.1) is 5.92 Å². The van der Waals surface area contributed by atoms with Crippen LogP contribution in [0.5, 0.6) is 0 Å². The molecule has 3 unspecified atom stereocenters. The highest BCUT2D eigenvalue weighted by atomic mass is 35.5. The first-order valence-corrected chi connectivity index (χ1v) is 9.75. The molecule has 2 aliphatic heterocycles. The number of halogens is 1. The molecule has 2 aliphatic rings. The Morgan fingerprint density at radius 3 is 2.74 bits per heavy atom. The Bertz CT molecular complexity index is 716. The molecule has 120 valence electrons. The third-order valence-corrected chi connectivity index (χ3v) is 6.96. The van der Waals surface area contributed by atoms with E-state index in [1.807, 2.05) is 36.4 Å². The number of nitrogens with zero attached hydrogens (tertiary/aromatic N) is 1. The van der Waals surface area contributed by atoms with E-state index in [0.29, 0.717) is 12.0 Å². The zero-order chi connectivity index (χ0) is 15.8. The summed E-state index contributed by atoms with van der Waals surface area (Å²) in [5, 5.41) is 3.95. The third kappa shape index (κ3) is 3.43. The molecule has 0 radical (unpaired) electrons. The van der Waals surface area contributed by atoms with E-state index in [4.69, 9.17) is 11.6 Å². The molecular formula is C17H17ClN2OS2. The van der Waals surface area contributed by atoms with Crippen molar-refractivity contribution in [3.63, 3.8) is 0 Å². The highest BCUT2D eigenvalue weighted by Gasteiger charge is 2.38. The van der Waals surface area contributed by atoms with Crippen molar-refractivity contribution in [2.24, 2.45) is 5.92 Å². The summed E-state index contributed by atoms with van der Waals surface area (Å²) >= 11 is 9.11. The summed E-state index contributed by atoms with van der Waals surface area (Å²) < 4.78 is 1.12. The minimum absolute atomic E-state index is 0.0664. The van der Waals surface area contributed by atoms with Gasteiger partial charge in [-0.2, -0.15) is 0 Å². The summed E-state index contributed by atoms with van der Waals surface area (Å²) in [5.74, 6) is 0.707. The number of fused-ring (bicyclic) bond motifs is 2. The lowest BCUT2D eigenvalue weighted by Gasteiger charge is -2.22. The molecule has 2 fully saturated rings. The smallest absolute Gasteiger partial charge is 0.261 e. The Morgan fingerprint density at radius 2 is 2.04 bits per heavy atom. The molecule has 0 saturated carbocycles. The van der Waals surface area contributed by atoms with Crippen LogP contribution < -0.4 is 5.32 Å². The van der Waals surface area contributed by atoms with Crippen molar-refractivity contribution >= 4 is 40.6 Å². The van der Waals surface area contributed by atoms with Crippen LogP contribution in [-0.2, 0) is 0 Å². The summed E-state index contributed by atoms with van der Waals surface area (Å²) in [4.78, 5) is 16.8. The topological polar surface area (TPSA) is 32.3 Å². The van der Waals surface area contributed by atoms with Crippen LogP contribution in [0.15, 0.2) is 45.5 Å². The lowest BCUT2D eigenvalue weighted by Crippen LogP contribution is -2.42. The molecule has 3 atom stereocenters. The van der Waals surface area contributed by atoms with E-state index in [2.05, 4.69) is 10.2 Å². The van der Waals surface area contributed by atoms with Gasteiger partial charge in [-0.15, -0.1) is 11.3 Å². The molecule has 0 aliphatic carbocycles. The first kappa shape index (κ1) is 15.5. The molecule has 2 saturated heterocycles. The molecule has 1 aromatic carbocycles. The normalized spacial score (nSPS) is 25.7. The minimum Gasteiger partial charge on any atom is -0.347 e. The van der Waals surface area contributed by atoms with Gasteiger partial charge in [0.1, 0.15) is 0 Å². The standard InChI is InChI=1S/C17H17ClN2OS2/c18-12-1-3-13(4-2-12)22-16-6-5-15(23-16)17(21)19-14-10-20-8-7-11(14)9-20/h1-6,11,14H,7-10H2,(H,19,21). The fraction of sp³-hybridized carbons (Fsp3) is 0.353. The summed E-state index contributed by atoms with van der Waals surface area (Å²) in [6.45, 7) is 3.35. The molecular weight excluding hydrogens is 348 g/mol. The van der Waals surface area contributed by atoms with Gasteiger partial charge in [0.25, 0.3) is 5.91 Å². The number of carbonyl (C=O) groups excluding carboxylic acids is 1. The molecule has 2 bridgehead atoms. The molecule has 1 aromatic heterocycles. The molecule has 1 N–H and O–H groups in total. The lowest BCUT2D eigenvalue weighted by molar-refractivity contribution is 0.0928. The molecule has 4 rings (SSSR count). The van der Waals surface area contributed by atoms with E-state index < -0.39 is 0 Å². The van der Waals surface area contributed by atoms with Crippen molar-refractivity contribution in [3.8, 4) is 0 Å². The van der Waals surface area contributed by atoms with Crippen LogP contribution in [0.2, 0.25) is 5.02 Å². The zero-order valence-corrected chi connectivity index (χ0v) is 14.9. The van der Waals surface area contributed by atoms with Crippen LogP contribution in [0.25, 0.3) is 0 Å². The summed E-state index contributed by atoms with van der Waals surface area (Å²) in [7, 11) is 0. The van der Waals surface area contributed by atoms with Gasteiger partial charge in [-0.05, 0) is 55.3 Å². The quantitative estimate of drug-likeness (QED) is 0.890. The van der Waals surface area contributed by atoms with Crippen molar-refractivity contribution in [1.29, 1.82) is 0 Å². The van der Waals surface area contributed by atoms with Crippen molar-refractivity contribution in [1.82, 2.24) is 10.2 Å². The number of hydrogen-bond acceptors (Lipinski definition) is 4. The SMILES string of the molecule is O=C(NC1CN2CCC1C2)c1ccc(Sc2ccc(Cl)cc2)s1. The predicted molar refractivity (Wildman–Crippen MR) is 95.7 cm³/mol. The van der Waals surface area contributed by atoms with Crippen LogP contribution in [0.1, 0.15) is 16.1 Å². The molecule has 3 nitrogen and oxygen atoms in total. The van der Waals surface area contributed by atoms with Gasteiger partial charge >= 0.3 is 0 Å². The molecule has 0 spiro atoms. The molecule has 2 aromatic rings. The first-order chi connectivity index (χ1) is 11.2. The number of carbonyl (C=O) groups is 1. The Labute approximate surface area is 149 Å². The van der Waals surface area contributed by atoms with Gasteiger partial charge in [-0.1, -0.05) is 23.4 Å². The third-order valence-electron chi connectivity index (χ3n) is 4.49. The van der Waals surface area contributed by atoms with Crippen molar-refractivity contribution in [2.45, 2.75) is 21.6 Å². The van der Waals surface area contributed by atoms with E-state index in [9.17, 15) is 4.79 Å². The number of hydrogen-bond donors (Lipinski definition) is 1. The van der Waals surface area contributed by atoms with Gasteiger partial charge in [-0.25, -0.2) is 0 Å². The van der Waals surface area contributed by atoms with Crippen LogP contribution in [-0.4, -0.2) is 36.5 Å². The average Bonchev–Trinajstić information content (AvgIpc) is 3.26. The highest BCUT2D eigenvalue weighted by molar-refractivity contribution is 8.01. The van der Waals surface area contributed by atoms with E-state index in [0.717, 1.165) is 32.1 Å². The maximum Gasteiger partial charge on any atom is 0.261 e. The molecule has 3 heterocycles. The van der Waals surface area contributed by atoms with Gasteiger partial charge < -0.3 is 10.2 Å². The van der Waals surface area contributed by atoms with Crippen LogP contribution in [0.3, 0.4) is 0 Å². The monoisotopic (exact) mass is 364 g/mol. The van der Waals surface area contributed by atoms with E-state index >= 15 is 0 Å². The largest absolute Gasteiger partial charge is 0.347 e. The van der Waals surface area contributed by atoms with Crippen LogP contribution in [0.4, 0.5) is 0 Å². The second-order valence-corrected chi connectivity index (χ2v) is 8.96. The minimum atomic E-state index is 0.0664. The predicted octanol–water partition coefficient (Wildman–Crippen LogP) is 3.99. The summed E-state index contributed by atoms with van der Waals surface area (Å²) in [6.07, 6.45) is 1.22. The molecule has 23 heavy (non-hydrogen) atoms. The number of nitrogens with one attached hydrogen (secondary N) is 1. The van der Waals surface area contributed by atoms with E-state index in [1.165, 1.54) is 13.0 Å². The first-order valence-electron chi connectivity index (χ1n) is 7.74. The number of amides is 1. The van der Waals surface area contributed by atoms with Gasteiger partial charge in [0, 0.05) is 29.0 Å².